The van der Waals surface area contributed by atoms with E-state index in [1.165, 1.54) is 0 Å². The normalized spacial score (nSPS) is 12.9. The van der Waals surface area contributed by atoms with Gasteiger partial charge in [-0.1, -0.05) is 42.5 Å². The predicted octanol–water partition coefficient (Wildman–Crippen LogP) is 5.60. The fraction of sp³-hybridized carbons (Fsp3) is 0.281. The number of esters is 1. The summed E-state index contributed by atoms with van der Waals surface area (Å²) in [6, 6.07) is 19.2. The fourth-order valence-electron chi connectivity index (χ4n) is 5.62. The minimum absolute atomic E-state index is 0.0727. The molecule has 0 saturated heterocycles. The first kappa shape index (κ1) is 27.9. The van der Waals surface area contributed by atoms with Crippen molar-refractivity contribution in [2.24, 2.45) is 0 Å². The van der Waals surface area contributed by atoms with Gasteiger partial charge in [-0.25, -0.2) is 9.86 Å². The predicted molar refractivity (Wildman–Crippen MR) is 157 cm³/mol. The molecule has 0 aliphatic carbocycles. The second-order valence-electron chi connectivity index (χ2n) is 10.1. The highest BCUT2D eigenvalue weighted by Gasteiger charge is 2.29. The first-order valence-electron chi connectivity index (χ1n) is 13.8. The average Bonchev–Trinajstić information content (AvgIpc) is 3.54. The van der Waals surface area contributed by atoms with Gasteiger partial charge in [0.25, 0.3) is 5.91 Å². The van der Waals surface area contributed by atoms with E-state index in [9.17, 15) is 19.6 Å². The maximum atomic E-state index is 14.5. The van der Waals surface area contributed by atoms with Gasteiger partial charge in [0.1, 0.15) is 0 Å². The van der Waals surface area contributed by atoms with Crippen LogP contribution in [0.3, 0.4) is 0 Å². The zero-order valence-corrected chi connectivity index (χ0v) is 23.6. The van der Waals surface area contributed by atoms with Gasteiger partial charge >= 0.3 is 11.7 Å². The number of hydrogen-bond acceptors (Lipinski definition) is 5. The number of rotatable bonds is 9. The van der Waals surface area contributed by atoms with Crippen LogP contribution in [0.5, 0.6) is 0 Å². The largest absolute Gasteiger partial charge is 0.466 e. The number of H-pyrrole nitrogens is 1. The molecule has 2 aromatic heterocycles. The minimum Gasteiger partial charge on any atom is -0.466 e. The summed E-state index contributed by atoms with van der Waals surface area (Å²) in [5, 5.41) is 11.8. The van der Waals surface area contributed by atoms with Crippen molar-refractivity contribution >= 4 is 33.8 Å². The Morgan fingerprint density at radius 3 is 2.46 bits per heavy atom. The SMILES string of the molecule is CCOC(=O)CC(c1ccccc1)n1c(=O)n(C(C)c2c[nH]c3cccc(C)c23)c2ccc(C(=O)N(O)CC)cc21. The molecule has 5 rings (SSSR count). The molecule has 2 atom stereocenters. The number of aryl methyl sites for hydroxylation is 1. The van der Waals surface area contributed by atoms with E-state index < -0.39 is 17.9 Å². The highest BCUT2D eigenvalue weighted by atomic mass is 16.5. The van der Waals surface area contributed by atoms with Crippen LogP contribution in [0.4, 0.5) is 0 Å². The highest BCUT2D eigenvalue weighted by Crippen LogP contribution is 2.33. The van der Waals surface area contributed by atoms with Gasteiger partial charge in [-0.2, -0.15) is 0 Å². The quantitative estimate of drug-likeness (QED) is 0.140. The third-order valence-corrected chi connectivity index (χ3v) is 7.63. The van der Waals surface area contributed by atoms with Gasteiger partial charge in [0.2, 0.25) is 0 Å². The molecule has 41 heavy (non-hydrogen) atoms. The van der Waals surface area contributed by atoms with Gasteiger partial charge in [0, 0.05) is 34.8 Å². The van der Waals surface area contributed by atoms with Crippen LogP contribution in [0.15, 0.2) is 77.7 Å². The van der Waals surface area contributed by atoms with E-state index in [1.54, 1.807) is 41.2 Å². The number of hydrogen-bond donors (Lipinski definition) is 2. The minimum atomic E-state index is -0.690. The number of benzene rings is 3. The Labute approximate surface area is 237 Å². The number of amides is 1. The molecule has 9 heteroatoms. The molecule has 1 amide bonds. The number of aromatic amines is 1. The average molecular weight is 555 g/mol. The molecule has 3 aromatic carbocycles. The standard InChI is InChI=1S/C32H34N4O5/c1-5-34(40)31(38)23-15-16-26-28(17-23)36(27(18-29(37)41-6-2)22-12-8-7-9-13-22)32(39)35(26)21(4)24-19-33-25-14-10-11-20(3)30(24)25/h7-17,19,21,27,33,40H,5-6,18H2,1-4H3. The molecule has 212 valence electrons. The highest BCUT2D eigenvalue weighted by molar-refractivity contribution is 5.97. The molecule has 0 fully saturated rings. The van der Waals surface area contributed by atoms with Crippen molar-refractivity contribution < 1.29 is 19.5 Å². The Morgan fingerprint density at radius 2 is 1.76 bits per heavy atom. The second-order valence-corrected chi connectivity index (χ2v) is 10.1. The van der Waals surface area contributed by atoms with Crippen LogP contribution in [0.1, 0.15) is 66.3 Å². The molecule has 0 saturated carbocycles. The maximum Gasteiger partial charge on any atom is 0.330 e. The number of nitrogens with one attached hydrogen (secondary N) is 1. The van der Waals surface area contributed by atoms with Crippen molar-refractivity contribution in [2.75, 3.05) is 13.2 Å². The second kappa shape index (κ2) is 11.5. The number of hydroxylamine groups is 2. The van der Waals surface area contributed by atoms with Crippen molar-refractivity contribution in [3.05, 3.63) is 106 Å². The van der Waals surface area contributed by atoms with Crippen LogP contribution in [0.2, 0.25) is 0 Å². The van der Waals surface area contributed by atoms with Crippen LogP contribution in [-0.2, 0) is 9.53 Å². The lowest BCUT2D eigenvalue weighted by Crippen LogP contribution is -2.31. The Balaban J connectivity index is 1.78. The number of carbonyl (C=O) groups is 2. The van der Waals surface area contributed by atoms with E-state index in [-0.39, 0.29) is 36.9 Å². The Bertz CT molecular complexity index is 1780. The maximum absolute atomic E-state index is 14.5. The topological polar surface area (TPSA) is 110 Å². The molecule has 9 nitrogen and oxygen atoms in total. The van der Waals surface area contributed by atoms with E-state index in [1.807, 2.05) is 68.6 Å². The van der Waals surface area contributed by atoms with Crippen molar-refractivity contribution in [1.82, 2.24) is 19.2 Å². The van der Waals surface area contributed by atoms with Crippen molar-refractivity contribution in [3.63, 3.8) is 0 Å². The smallest absolute Gasteiger partial charge is 0.330 e. The molecule has 2 unspecified atom stereocenters. The van der Waals surface area contributed by atoms with E-state index in [2.05, 4.69) is 4.98 Å². The molecule has 0 aliphatic heterocycles. The fourth-order valence-corrected chi connectivity index (χ4v) is 5.62. The first-order valence-corrected chi connectivity index (χ1v) is 13.8. The summed E-state index contributed by atoms with van der Waals surface area (Å²) >= 11 is 0. The summed E-state index contributed by atoms with van der Waals surface area (Å²) in [5.74, 6) is -1.02. The van der Waals surface area contributed by atoms with E-state index in [0.29, 0.717) is 16.1 Å². The number of imidazole rings is 1. The summed E-state index contributed by atoms with van der Waals surface area (Å²) in [6.45, 7) is 7.74. The molecule has 2 heterocycles. The summed E-state index contributed by atoms with van der Waals surface area (Å²) in [7, 11) is 0. The lowest BCUT2D eigenvalue weighted by molar-refractivity contribution is -0.143. The molecule has 5 aromatic rings. The van der Waals surface area contributed by atoms with Crippen molar-refractivity contribution in [3.8, 4) is 0 Å². The molecule has 0 bridgehead atoms. The van der Waals surface area contributed by atoms with Crippen LogP contribution in [0.25, 0.3) is 21.9 Å². The van der Waals surface area contributed by atoms with Crippen molar-refractivity contribution in [1.29, 1.82) is 0 Å². The Kier molecular flexibility index (Phi) is 7.81. The number of nitrogens with zero attached hydrogens (tertiary/aromatic N) is 3. The number of aromatic nitrogens is 3. The summed E-state index contributed by atoms with van der Waals surface area (Å²) < 4.78 is 8.57. The van der Waals surface area contributed by atoms with Crippen LogP contribution >= 0.6 is 0 Å². The van der Waals surface area contributed by atoms with Crippen LogP contribution in [-0.4, -0.2) is 49.4 Å². The summed E-state index contributed by atoms with van der Waals surface area (Å²) in [5.41, 5.74) is 4.76. The first-order chi connectivity index (χ1) is 19.8. The molecule has 0 radical (unpaired) electrons. The molecule has 0 spiro atoms. The van der Waals surface area contributed by atoms with Gasteiger partial charge in [-0.15, -0.1) is 0 Å². The monoisotopic (exact) mass is 554 g/mol. The number of fused-ring (bicyclic) bond motifs is 2. The summed E-state index contributed by atoms with van der Waals surface area (Å²) in [6.07, 6.45) is 1.85. The van der Waals surface area contributed by atoms with Crippen molar-refractivity contribution in [2.45, 2.75) is 46.2 Å². The zero-order chi connectivity index (χ0) is 29.3. The lowest BCUT2D eigenvalue weighted by Gasteiger charge is -2.19. The van der Waals surface area contributed by atoms with Gasteiger partial charge < -0.3 is 9.72 Å². The number of ether oxygens (including phenoxy) is 1. The number of carbonyl (C=O) groups excluding carboxylic acids is 2. The van der Waals surface area contributed by atoms with Gasteiger partial charge in [0.15, 0.2) is 0 Å². The Morgan fingerprint density at radius 1 is 1.00 bits per heavy atom. The van der Waals surface area contributed by atoms with Crippen LogP contribution < -0.4 is 5.69 Å². The molecule has 0 aliphatic rings. The van der Waals surface area contributed by atoms with E-state index in [0.717, 1.165) is 27.6 Å². The molecular formula is C32H34N4O5. The zero-order valence-electron chi connectivity index (χ0n) is 23.6. The third kappa shape index (κ3) is 5.04. The van der Waals surface area contributed by atoms with Gasteiger partial charge in [-0.3, -0.25) is 23.9 Å². The summed E-state index contributed by atoms with van der Waals surface area (Å²) in [4.78, 5) is 43.6. The van der Waals surface area contributed by atoms with Gasteiger partial charge in [0.05, 0.1) is 36.1 Å². The Hall–Kier alpha value is -4.63. The van der Waals surface area contributed by atoms with E-state index >= 15 is 0 Å². The van der Waals surface area contributed by atoms with Gasteiger partial charge in [-0.05, 0) is 63.1 Å². The van der Waals surface area contributed by atoms with E-state index in [4.69, 9.17) is 4.74 Å². The third-order valence-electron chi connectivity index (χ3n) is 7.63. The molecular weight excluding hydrogens is 520 g/mol. The van der Waals surface area contributed by atoms with Crippen LogP contribution in [0, 0.1) is 6.92 Å². The lowest BCUT2D eigenvalue weighted by atomic mass is 10.0. The molecule has 2 N–H and O–H groups in total.